The molecule has 0 heterocycles. The Hall–Kier alpha value is -1.16. The molecular weight excluding hydrogens is 324 g/mol. The van der Waals surface area contributed by atoms with E-state index in [9.17, 15) is 0 Å². The smallest absolute Gasteiger partial charge is 0.0460 e. The molecule has 0 aliphatic rings. The number of hydrogen-bond acceptors (Lipinski definition) is 2. The zero-order valence-electron chi connectivity index (χ0n) is 12.7. The molecule has 2 rings (SSSR count). The fourth-order valence-corrected chi connectivity index (χ4v) is 2.91. The average Bonchev–Trinajstić information content (AvgIpc) is 2.50. The quantitative estimate of drug-likeness (QED) is 0.592. The lowest BCUT2D eigenvalue weighted by Crippen LogP contribution is -2.28. The lowest BCUT2D eigenvalue weighted by molar-refractivity contribution is 0.498. The van der Waals surface area contributed by atoms with Gasteiger partial charge >= 0.3 is 0 Å². The molecule has 3 heteroatoms. The molecule has 0 aliphatic heterocycles. The summed E-state index contributed by atoms with van der Waals surface area (Å²) in [5.41, 5.74) is 8.13. The maximum atomic E-state index is 5.76. The van der Waals surface area contributed by atoms with E-state index in [4.69, 9.17) is 5.84 Å². The molecule has 0 spiro atoms. The van der Waals surface area contributed by atoms with Crippen molar-refractivity contribution in [3.8, 4) is 0 Å². The third-order valence-electron chi connectivity index (χ3n) is 3.86. The fraction of sp³-hybridized carbons (Fsp3) is 0.333. The number of rotatable bonds is 6. The third-order valence-corrected chi connectivity index (χ3v) is 5.11. The summed E-state index contributed by atoms with van der Waals surface area (Å²) >= 11 is 3.62. The van der Waals surface area contributed by atoms with Crippen LogP contribution in [-0.4, -0.2) is 0 Å². The molecular formula is C18H23BrN2. The van der Waals surface area contributed by atoms with E-state index in [1.165, 1.54) is 26.7 Å². The Morgan fingerprint density at radius 3 is 2.29 bits per heavy atom. The van der Waals surface area contributed by atoms with Gasteiger partial charge in [0, 0.05) is 10.5 Å². The number of aryl methyl sites for hydroxylation is 3. The van der Waals surface area contributed by atoms with Crippen molar-refractivity contribution in [1.29, 1.82) is 0 Å². The number of nitrogens with one attached hydrogen (secondary N) is 1. The van der Waals surface area contributed by atoms with Gasteiger partial charge in [0.15, 0.2) is 0 Å². The third kappa shape index (κ3) is 4.40. The molecule has 1 atom stereocenters. The summed E-state index contributed by atoms with van der Waals surface area (Å²) in [7, 11) is 0. The van der Waals surface area contributed by atoms with E-state index in [-0.39, 0.29) is 6.04 Å². The molecule has 112 valence electrons. The SMILES string of the molecule is Cc1cc(C(CCCc2ccccc2)NN)cc(C)c1Br. The molecule has 0 radical (unpaired) electrons. The monoisotopic (exact) mass is 346 g/mol. The van der Waals surface area contributed by atoms with Crippen molar-refractivity contribution in [3.05, 3.63) is 69.2 Å². The van der Waals surface area contributed by atoms with Crippen LogP contribution in [0, 0.1) is 13.8 Å². The van der Waals surface area contributed by atoms with Crippen LogP contribution in [0.15, 0.2) is 46.9 Å². The van der Waals surface area contributed by atoms with Gasteiger partial charge in [-0.1, -0.05) is 58.4 Å². The summed E-state index contributed by atoms with van der Waals surface area (Å²) in [6.07, 6.45) is 3.24. The van der Waals surface area contributed by atoms with Gasteiger partial charge in [0.05, 0.1) is 0 Å². The van der Waals surface area contributed by atoms with Crippen LogP contribution in [0.25, 0.3) is 0 Å². The fourth-order valence-electron chi connectivity index (χ4n) is 2.68. The van der Waals surface area contributed by atoms with Crippen LogP contribution in [0.1, 0.15) is 41.1 Å². The van der Waals surface area contributed by atoms with Crippen LogP contribution < -0.4 is 11.3 Å². The summed E-state index contributed by atoms with van der Waals surface area (Å²) in [4.78, 5) is 0. The lowest BCUT2D eigenvalue weighted by atomic mass is 9.96. The largest absolute Gasteiger partial charge is 0.271 e. The van der Waals surface area contributed by atoms with Crippen molar-refractivity contribution in [2.24, 2.45) is 5.84 Å². The lowest BCUT2D eigenvalue weighted by Gasteiger charge is -2.18. The van der Waals surface area contributed by atoms with Crippen LogP contribution in [0.2, 0.25) is 0 Å². The summed E-state index contributed by atoms with van der Waals surface area (Å²) < 4.78 is 1.19. The molecule has 0 aromatic heterocycles. The average molecular weight is 347 g/mol. The first-order chi connectivity index (χ1) is 10.1. The van der Waals surface area contributed by atoms with Gasteiger partial charge < -0.3 is 0 Å². The molecule has 0 saturated carbocycles. The number of hydrazine groups is 1. The second kappa shape index (κ2) is 7.74. The van der Waals surface area contributed by atoms with E-state index < -0.39 is 0 Å². The zero-order chi connectivity index (χ0) is 15.2. The Balaban J connectivity index is 2.00. The van der Waals surface area contributed by atoms with E-state index in [0.29, 0.717) is 0 Å². The second-order valence-electron chi connectivity index (χ2n) is 5.57. The summed E-state index contributed by atoms with van der Waals surface area (Å²) in [5.74, 6) is 5.76. The number of hydrogen-bond donors (Lipinski definition) is 2. The van der Waals surface area contributed by atoms with Crippen molar-refractivity contribution in [2.75, 3.05) is 0 Å². The van der Waals surface area contributed by atoms with Crippen LogP contribution in [-0.2, 0) is 6.42 Å². The number of benzene rings is 2. The molecule has 2 nitrogen and oxygen atoms in total. The predicted molar refractivity (Wildman–Crippen MR) is 93.1 cm³/mol. The van der Waals surface area contributed by atoms with Gasteiger partial charge in [0.1, 0.15) is 0 Å². The van der Waals surface area contributed by atoms with Gasteiger partial charge in [0.25, 0.3) is 0 Å². The van der Waals surface area contributed by atoms with Crippen molar-refractivity contribution in [1.82, 2.24) is 5.43 Å². The highest BCUT2D eigenvalue weighted by atomic mass is 79.9. The van der Waals surface area contributed by atoms with Crippen molar-refractivity contribution >= 4 is 15.9 Å². The molecule has 0 fully saturated rings. The molecule has 0 amide bonds. The minimum Gasteiger partial charge on any atom is -0.271 e. The highest BCUT2D eigenvalue weighted by Gasteiger charge is 2.12. The van der Waals surface area contributed by atoms with E-state index in [1.807, 2.05) is 0 Å². The molecule has 2 aromatic carbocycles. The van der Waals surface area contributed by atoms with Crippen LogP contribution in [0.3, 0.4) is 0 Å². The van der Waals surface area contributed by atoms with Gasteiger partial charge in [-0.15, -0.1) is 0 Å². The van der Waals surface area contributed by atoms with Crippen LogP contribution in [0.4, 0.5) is 0 Å². The Morgan fingerprint density at radius 1 is 1.10 bits per heavy atom. The summed E-state index contributed by atoms with van der Waals surface area (Å²) in [6.45, 7) is 4.25. The van der Waals surface area contributed by atoms with Crippen molar-refractivity contribution in [3.63, 3.8) is 0 Å². The number of nitrogens with two attached hydrogens (primary N) is 1. The molecule has 1 unspecified atom stereocenters. The van der Waals surface area contributed by atoms with Gasteiger partial charge in [-0.25, -0.2) is 0 Å². The summed E-state index contributed by atoms with van der Waals surface area (Å²) in [5, 5.41) is 0. The molecule has 0 aliphatic carbocycles. The van der Waals surface area contributed by atoms with Crippen LogP contribution >= 0.6 is 15.9 Å². The van der Waals surface area contributed by atoms with E-state index in [2.05, 4.69) is 77.7 Å². The van der Waals surface area contributed by atoms with E-state index in [0.717, 1.165) is 19.3 Å². The minimum atomic E-state index is 0.208. The Morgan fingerprint density at radius 2 is 1.71 bits per heavy atom. The van der Waals surface area contributed by atoms with Crippen LogP contribution in [0.5, 0.6) is 0 Å². The zero-order valence-corrected chi connectivity index (χ0v) is 14.3. The van der Waals surface area contributed by atoms with Gasteiger partial charge in [-0.05, 0) is 55.4 Å². The van der Waals surface area contributed by atoms with E-state index >= 15 is 0 Å². The second-order valence-corrected chi connectivity index (χ2v) is 6.36. The predicted octanol–water partition coefficient (Wildman–Crippen LogP) is 4.59. The first-order valence-electron chi connectivity index (χ1n) is 7.38. The van der Waals surface area contributed by atoms with Gasteiger partial charge in [0.2, 0.25) is 0 Å². The minimum absolute atomic E-state index is 0.208. The molecule has 0 saturated heterocycles. The molecule has 21 heavy (non-hydrogen) atoms. The van der Waals surface area contributed by atoms with Gasteiger partial charge in [-0.3, -0.25) is 11.3 Å². The van der Waals surface area contributed by atoms with Gasteiger partial charge in [-0.2, -0.15) is 0 Å². The van der Waals surface area contributed by atoms with Crippen molar-refractivity contribution < 1.29 is 0 Å². The topological polar surface area (TPSA) is 38.0 Å². The first kappa shape index (κ1) is 16.2. The normalized spacial score (nSPS) is 12.4. The van der Waals surface area contributed by atoms with Crippen molar-refractivity contribution in [2.45, 2.75) is 39.2 Å². The Bertz CT molecular complexity index is 558. The van der Waals surface area contributed by atoms with E-state index in [1.54, 1.807) is 0 Å². The highest BCUT2D eigenvalue weighted by Crippen LogP contribution is 2.27. The molecule has 3 N–H and O–H groups in total. The first-order valence-corrected chi connectivity index (χ1v) is 8.18. The maximum Gasteiger partial charge on any atom is 0.0460 e. The Kier molecular flexibility index (Phi) is 5.97. The maximum absolute atomic E-state index is 5.76. The standard InChI is InChI=1S/C18H23BrN2/c1-13-11-16(12-14(2)18(13)19)17(21-20)10-6-9-15-7-4-3-5-8-15/h3-5,7-8,11-12,17,21H,6,9-10,20H2,1-2H3. The molecule has 2 aromatic rings. The summed E-state index contributed by atoms with van der Waals surface area (Å²) in [6, 6.07) is 15.2. The number of halogens is 1. The molecule has 0 bridgehead atoms. The highest BCUT2D eigenvalue weighted by molar-refractivity contribution is 9.10. The Labute approximate surface area is 135 Å².